The van der Waals surface area contributed by atoms with E-state index in [1.807, 2.05) is 12.1 Å². The molecule has 2 heterocycles. The maximum atomic E-state index is 11.3. The lowest BCUT2D eigenvalue weighted by molar-refractivity contribution is 0.112. The molecule has 0 bridgehead atoms. The van der Waals surface area contributed by atoms with E-state index in [0.29, 0.717) is 32.7 Å². The van der Waals surface area contributed by atoms with E-state index in [4.69, 9.17) is 23.2 Å². The molecule has 0 unspecified atom stereocenters. The normalized spacial score (nSPS) is 10.6. The van der Waals surface area contributed by atoms with E-state index in [2.05, 4.69) is 10.1 Å². The summed E-state index contributed by atoms with van der Waals surface area (Å²) in [6.07, 6.45) is 4.00. The standard InChI is InChI=1S/C15H9Cl2N3O/c16-12-5-3-4-11(14(12)17)15-10(9-21)8-20(19-15)13-6-1-2-7-18-13/h1-9H. The molecule has 0 amide bonds. The third kappa shape index (κ3) is 2.55. The van der Waals surface area contributed by atoms with Crippen LogP contribution in [0.1, 0.15) is 10.4 Å². The predicted molar refractivity (Wildman–Crippen MR) is 82.2 cm³/mol. The number of aromatic nitrogens is 3. The fourth-order valence-electron chi connectivity index (χ4n) is 1.98. The van der Waals surface area contributed by atoms with Gasteiger partial charge in [0.25, 0.3) is 0 Å². The highest BCUT2D eigenvalue weighted by atomic mass is 35.5. The van der Waals surface area contributed by atoms with Crippen LogP contribution in [0.2, 0.25) is 10.0 Å². The number of nitrogens with zero attached hydrogens (tertiary/aromatic N) is 3. The average Bonchev–Trinajstić information content (AvgIpc) is 2.95. The van der Waals surface area contributed by atoms with Gasteiger partial charge in [-0.2, -0.15) is 5.10 Å². The van der Waals surface area contributed by atoms with Gasteiger partial charge in [-0.25, -0.2) is 9.67 Å². The van der Waals surface area contributed by atoms with Gasteiger partial charge in [-0.15, -0.1) is 0 Å². The van der Waals surface area contributed by atoms with E-state index < -0.39 is 0 Å². The van der Waals surface area contributed by atoms with Crippen molar-refractivity contribution in [1.29, 1.82) is 0 Å². The first-order valence-corrected chi connectivity index (χ1v) is 6.87. The minimum absolute atomic E-state index is 0.369. The molecule has 0 saturated carbocycles. The molecule has 6 heteroatoms. The Morgan fingerprint density at radius 2 is 1.95 bits per heavy atom. The molecule has 1 aromatic carbocycles. The topological polar surface area (TPSA) is 47.8 Å². The van der Waals surface area contributed by atoms with Crippen molar-refractivity contribution in [2.24, 2.45) is 0 Å². The number of hydrogen-bond donors (Lipinski definition) is 0. The van der Waals surface area contributed by atoms with Gasteiger partial charge in [0.1, 0.15) is 5.69 Å². The Morgan fingerprint density at radius 1 is 1.10 bits per heavy atom. The maximum absolute atomic E-state index is 11.3. The lowest BCUT2D eigenvalue weighted by atomic mass is 10.1. The number of halogens is 2. The van der Waals surface area contributed by atoms with Gasteiger partial charge < -0.3 is 0 Å². The number of hydrogen-bond acceptors (Lipinski definition) is 3. The minimum Gasteiger partial charge on any atom is -0.298 e. The Labute approximate surface area is 131 Å². The van der Waals surface area contributed by atoms with E-state index in [1.54, 1.807) is 36.7 Å². The first-order chi connectivity index (χ1) is 10.2. The molecule has 21 heavy (non-hydrogen) atoms. The summed E-state index contributed by atoms with van der Waals surface area (Å²) >= 11 is 12.2. The lowest BCUT2D eigenvalue weighted by Crippen LogP contribution is -1.97. The first kappa shape index (κ1) is 13.8. The smallest absolute Gasteiger partial charge is 0.153 e. The zero-order valence-electron chi connectivity index (χ0n) is 10.7. The van der Waals surface area contributed by atoms with Crippen LogP contribution in [0.15, 0.2) is 48.8 Å². The molecular formula is C15H9Cl2N3O. The molecule has 0 N–H and O–H groups in total. The van der Waals surface area contributed by atoms with Crippen molar-refractivity contribution in [3.05, 3.63) is 64.4 Å². The summed E-state index contributed by atoms with van der Waals surface area (Å²) in [7, 11) is 0. The molecule has 104 valence electrons. The summed E-state index contributed by atoms with van der Waals surface area (Å²) in [5.41, 5.74) is 1.51. The molecule has 0 fully saturated rings. The highest BCUT2D eigenvalue weighted by molar-refractivity contribution is 6.43. The maximum Gasteiger partial charge on any atom is 0.153 e. The van der Waals surface area contributed by atoms with Gasteiger partial charge in [0.2, 0.25) is 0 Å². The molecule has 3 rings (SSSR count). The van der Waals surface area contributed by atoms with Gasteiger partial charge in [0.15, 0.2) is 12.1 Å². The van der Waals surface area contributed by atoms with Crippen molar-refractivity contribution >= 4 is 29.5 Å². The molecule has 4 nitrogen and oxygen atoms in total. The first-order valence-electron chi connectivity index (χ1n) is 6.11. The Kier molecular flexibility index (Phi) is 3.73. The largest absolute Gasteiger partial charge is 0.298 e. The second-order valence-corrected chi connectivity index (χ2v) is 5.07. The Balaban J connectivity index is 2.17. The molecule has 0 aliphatic carbocycles. The molecule has 2 aromatic heterocycles. The van der Waals surface area contributed by atoms with Crippen LogP contribution >= 0.6 is 23.2 Å². The number of rotatable bonds is 3. The fourth-order valence-corrected chi connectivity index (χ4v) is 2.37. The molecule has 0 radical (unpaired) electrons. The van der Waals surface area contributed by atoms with E-state index in [9.17, 15) is 4.79 Å². The minimum atomic E-state index is 0.369. The fraction of sp³-hybridized carbons (Fsp3) is 0. The highest BCUT2D eigenvalue weighted by Gasteiger charge is 2.16. The van der Waals surface area contributed by atoms with Gasteiger partial charge in [0.05, 0.1) is 15.6 Å². The predicted octanol–water partition coefficient (Wildman–Crippen LogP) is 4.05. The second-order valence-electron chi connectivity index (χ2n) is 4.28. The third-order valence-electron chi connectivity index (χ3n) is 2.96. The molecule has 0 aliphatic rings. The molecular weight excluding hydrogens is 309 g/mol. The van der Waals surface area contributed by atoms with E-state index >= 15 is 0 Å². The van der Waals surface area contributed by atoms with Crippen LogP contribution in [0.4, 0.5) is 0 Å². The highest BCUT2D eigenvalue weighted by Crippen LogP contribution is 2.34. The summed E-state index contributed by atoms with van der Waals surface area (Å²) in [5.74, 6) is 0.616. The number of carbonyl (C=O) groups is 1. The molecule has 0 spiro atoms. The van der Waals surface area contributed by atoms with Crippen LogP contribution in [0.25, 0.3) is 17.1 Å². The summed E-state index contributed by atoms with van der Waals surface area (Å²) in [4.78, 5) is 15.5. The van der Waals surface area contributed by atoms with Crippen LogP contribution in [0, 0.1) is 0 Å². The zero-order chi connectivity index (χ0) is 14.8. The Morgan fingerprint density at radius 3 is 2.67 bits per heavy atom. The van der Waals surface area contributed by atoms with Gasteiger partial charge in [0, 0.05) is 18.0 Å². The number of aldehydes is 1. The van der Waals surface area contributed by atoms with Gasteiger partial charge in [-0.1, -0.05) is 41.4 Å². The van der Waals surface area contributed by atoms with Crippen LogP contribution < -0.4 is 0 Å². The lowest BCUT2D eigenvalue weighted by Gasteiger charge is -2.03. The SMILES string of the molecule is O=Cc1cn(-c2ccccn2)nc1-c1cccc(Cl)c1Cl. The van der Waals surface area contributed by atoms with Crippen LogP contribution in [-0.4, -0.2) is 21.1 Å². The molecule has 3 aromatic rings. The van der Waals surface area contributed by atoms with E-state index in [1.165, 1.54) is 4.68 Å². The van der Waals surface area contributed by atoms with Crippen LogP contribution in [-0.2, 0) is 0 Å². The quantitative estimate of drug-likeness (QED) is 0.684. The van der Waals surface area contributed by atoms with Gasteiger partial charge in [-0.05, 0) is 18.2 Å². The summed E-state index contributed by atoms with van der Waals surface area (Å²) in [5, 5.41) is 5.19. The van der Waals surface area contributed by atoms with Crippen molar-refractivity contribution in [3.63, 3.8) is 0 Å². The van der Waals surface area contributed by atoms with Crippen molar-refractivity contribution in [1.82, 2.24) is 14.8 Å². The number of benzene rings is 1. The molecule has 0 atom stereocenters. The van der Waals surface area contributed by atoms with Crippen LogP contribution in [0.5, 0.6) is 0 Å². The monoisotopic (exact) mass is 317 g/mol. The van der Waals surface area contributed by atoms with Crippen molar-refractivity contribution in [3.8, 4) is 17.1 Å². The summed E-state index contributed by atoms with van der Waals surface area (Å²) in [6, 6.07) is 10.7. The van der Waals surface area contributed by atoms with Gasteiger partial charge in [-0.3, -0.25) is 4.79 Å². The Bertz CT molecular complexity index is 800. The third-order valence-corrected chi connectivity index (χ3v) is 3.78. The van der Waals surface area contributed by atoms with E-state index in [-0.39, 0.29) is 0 Å². The van der Waals surface area contributed by atoms with Crippen molar-refractivity contribution in [2.45, 2.75) is 0 Å². The molecule has 0 aliphatic heterocycles. The second kappa shape index (κ2) is 5.68. The number of carbonyl (C=O) groups excluding carboxylic acids is 1. The van der Waals surface area contributed by atoms with Crippen molar-refractivity contribution < 1.29 is 4.79 Å². The molecule has 0 saturated heterocycles. The zero-order valence-corrected chi connectivity index (χ0v) is 12.2. The average molecular weight is 318 g/mol. The summed E-state index contributed by atoms with van der Waals surface area (Å²) < 4.78 is 1.54. The van der Waals surface area contributed by atoms with Gasteiger partial charge >= 0.3 is 0 Å². The Hall–Kier alpha value is -2.17. The van der Waals surface area contributed by atoms with E-state index in [0.717, 1.165) is 6.29 Å². The number of pyridine rings is 1. The summed E-state index contributed by atoms with van der Waals surface area (Å²) in [6.45, 7) is 0. The van der Waals surface area contributed by atoms with Crippen LogP contribution in [0.3, 0.4) is 0 Å². The van der Waals surface area contributed by atoms with Crippen molar-refractivity contribution in [2.75, 3.05) is 0 Å².